The van der Waals surface area contributed by atoms with Crippen LogP contribution in [0.5, 0.6) is 5.75 Å². The molecular weight excluding hydrogens is 327 g/mol. The highest BCUT2D eigenvalue weighted by Gasteiger charge is 2.23. The van der Waals surface area contributed by atoms with E-state index in [0.717, 1.165) is 53.8 Å². The summed E-state index contributed by atoms with van der Waals surface area (Å²) in [6.45, 7) is 0. The predicted molar refractivity (Wildman–Crippen MR) is 74.7 cm³/mol. The summed E-state index contributed by atoms with van der Waals surface area (Å²) < 4.78 is 7.07. The van der Waals surface area contributed by atoms with E-state index in [1.54, 1.807) is 0 Å². The number of rotatable bonds is 1. The third-order valence-electron chi connectivity index (χ3n) is 3.13. The first-order chi connectivity index (χ1) is 8.28. The number of fused-ring (bicyclic) bond motifs is 2. The highest BCUT2D eigenvalue weighted by atomic mass is 127. The van der Waals surface area contributed by atoms with Gasteiger partial charge in [-0.2, -0.15) is 0 Å². The fraction of sp³-hybridized carbons (Fsp3) is 0.214. The van der Waals surface area contributed by atoms with Gasteiger partial charge in [0.05, 0.1) is 0 Å². The van der Waals surface area contributed by atoms with Crippen molar-refractivity contribution in [1.29, 1.82) is 0 Å². The molecule has 3 rings (SSSR count). The summed E-state index contributed by atoms with van der Waals surface area (Å²) in [7, 11) is 0. The zero-order chi connectivity index (χ0) is 11.8. The summed E-state index contributed by atoms with van der Waals surface area (Å²) in [5, 5.41) is 0. The molecule has 1 aliphatic heterocycles. The van der Waals surface area contributed by atoms with Crippen LogP contribution < -0.4 is 4.74 Å². The van der Waals surface area contributed by atoms with Crippen molar-refractivity contribution in [2.75, 3.05) is 0 Å². The summed E-state index contributed by atoms with van der Waals surface area (Å²) in [4.78, 5) is 11.0. The smallest absolute Gasteiger partial charge is 0.149 e. The number of benzene rings is 1. The van der Waals surface area contributed by atoms with Crippen LogP contribution in [-0.4, -0.2) is 6.29 Å². The number of carbonyl (C=O) groups excluding carboxylic acids is 1. The van der Waals surface area contributed by atoms with Crippen LogP contribution in [0.4, 0.5) is 0 Å². The van der Waals surface area contributed by atoms with Crippen LogP contribution >= 0.6 is 22.6 Å². The van der Waals surface area contributed by atoms with Crippen LogP contribution in [0.3, 0.4) is 0 Å². The highest BCUT2D eigenvalue weighted by molar-refractivity contribution is 14.1. The van der Waals surface area contributed by atoms with Gasteiger partial charge in [-0.15, -0.1) is 0 Å². The first kappa shape index (κ1) is 11.0. The van der Waals surface area contributed by atoms with Gasteiger partial charge in [0.1, 0.15) is 17.8 Å². The topological polar surface area (TPSA) is 26.3 Å². The minimum atomic E-state index is 0.792. The molecule has 0 atom stereocenters. The summed E-state index contributed by atoms with van der Waals surface area (Å²) in [5.74, 6) is 1.64. The van der Waals surface area contributed by atoms with Crippen molar-refractivity contribution in [3.05, 3.63) is 44.2 Å². The summed E-state index contributed by atoms with van der Waals surface area (Å²) in [6, 6.07) is 6.09. The van der Waals surface area contributed by atoms with Gasteiger partial charge in [-0.25, -0.2) is 0 Å². The molecule has 2 aliphatic rings. The highest BCUT2D eigenvalue weighted by Crippen LogP contribution is 2.38. The molecule has 1 aromatic carbocycles. The Morgan fingerprint density at radius 2 is 2.18 bits per heavy atom. The van der Waals surface area contributed by atoms with Crippen LogP contribution in [0, 0.1) is 3.57 Å². The molecule has 2 nitrogen and oxygen atoms in total. The van der Waals surface area contributed by atoms with Gasteiger partial charge in [0, 0.05) is 14.7 Å². The summed E-state index contributed by atoms with van der Waals surface area (Å²) in [5.41, 5.74) is 3.07. The van der Waals surface area contributed by atoms with Crippen molar-refractivity contribution < 1.29 is 9.53 Å². The molecular formula is C14H11IO2. The van der Waals surface area contributed by atoms with Gasteiger partial charge >= 0.3 is 0 Å². The average Bonchev–Trinajstić information content (AvgIpc) is 2.35. The number of aldehydes is 1. The Balaban J connectivity index is 2.15. The van der Waals surface area contributed by atoms with Crippen LogP contribution in [0.15, 0.2) is 35.1 Å². The maximum Gasteiger partial charge on any atom is 0.149 e. The number of ether oxygens (including phenoxy) is 1. The summed E-state index contributed by atoms with van der Waals surface area (Å²) >= 11 is 2.29. The Kier molecular flexibility index (Phi) is 2.78. The monoisotopic (exact) mass is 338 g/mol. The lowest BCUT2D eigenvalue weighted by atomic mass is 9.91. The zero-order valence-corrected chi connectivity index (χ0v) is 11.4. The lowest BCUT2D eigenvalue weighted by Gasteiger charge is -2.25. The standard InChI is InChI=1S/C14H11IO2/c15-12-4-5-13-11(7-12)6-9-2-1-3-10(8-16)14(9)17-13/h4-8H,1-3H2. The van der Waals surface area contributed by atoms with Gasteiger partial charge in [-0.05, 0) is 71.7 Å². The molecule has 0 unspecified atom stereocenters. The van der Waals surface area contributed by atoms with E-state index in [9.17, 15) is 4.79 Å². The Bertz CT molecular complexity index is 555. The molecule has 86 valence electrons. The molecule has 0 aromatic heterocycles. The van der Waals surface area contributed by atoms with Crippen LogP contribution in [0.1, 0.15) is 24.8 Å². The SMILES string of the molecule is O=CC1=C2Oc3ccc(I)cc3C=C2CCC1. The van der Waals surface area contributed by atoms with Gasteiger partial charge in [0.2, 0.25) is 0 Å². The largest absolute Gasteiger partial charge is 0.456 e. The maximum absolute atomic E-state index is 11.0. The molecule has 0 saturated carbocycles. The molecule has 1 heterocycles. The van der Waals surface area contributed by atoms with Crippen molar-refractivity contribution in [1.82, 2.24) is 0 Å². The van der Waals surface area contributed by atoms with Gasteiger partial charge < -0.3 is 4.74 Å². The van der Waals surface area contributed by atoms with Crippen molar-refractivity contribution in [3.63, 3.8) is 0 Å². The molecule has 0 spiro atoms. The predicted octanol–water partition coefficient (Wildman–Crippen LogP) is 3.70. The van der Waals surface area contributed by atoms with Crippen molar-refractivity contribution in [3.8, 4) is 5.75 Å². The van der Waals surface area contributed by atoms with Crippen LogP contribution in [-0.2, 0) is 4.79 Å². The number of hydrogen-bond acceptors (Lipinski definition) is 2. The zero-order valence-electron chi connectivity index (χ0n) is 9.20. The van der Waals surface area contributed by atoms with E-state index in [1.165, 1.54) is 3.57 Å². The van der Waals surface area contributed by atoms with E-state index in [2.05, 4.69) is 34.7 Å². The average molecular weight is 338 g/mol. The van der Waals surface area contributed by atoms with Crippen molar-refractivity contribution in [2.24, 2.45) is 0 Å². The van der Waals surface area contributed by atoms with Gasteiger partial charge in [0.15, 0.2) is 0 Å². The lowest BCUT2D eigenvalue weighted by molar-refractivity contribution is -0.105. The van der Waals surface area contributed by atoms with E-state index in [4.69, 9.17) is 4.74 Å². The molecule has 1 aromatic rings. The Hall–Kier alpha value is -1.10. The van der Waals surface area contributed by atoms with Gasteiger partial charge in [-0.1, -0.05) is 0 Å². The third-order valence-corrected chi connectivity index (χ3v) is 3.80. The Labute approximate surface area is 113 Å². The second kappa shape index (κ2) is 4.29. The number of hydrogen-bond donors (Lipinski definition) is 0. The number of carbonyl (C=O) groups is 1. The molecule has 0 bridgehead atoms. The molecule has 0 saturated heterocycles. The quantitative estimate of drug-likeness (QED) is 0.577. The van der Waals surface area contributed by atoms with E-state index >= 15 is 0 Å². The fourth-order valence-corrected chi connectivity index (χ4v) is 2.82. The van der Waals surface area contributed by atoms with Crippen LogP contribution in [0.2, 0.25) is 0 Å². The minimum Gasteiger partial charge on any atom is -0.456 e. The van der Waals surface area contributed by atoms with Crippen LogP contribution in [0.25, 0.3) is 6.08 Å². The van der Waals surface area contributed by atoms with Crippen molar-refractivity contribution >= 4 is 35.0 Å². The fourth-order valence-electron chi connectivity index (χ4n) is 2.31. The van der Waals surface area contributed by atoms with E-state index in [1.807, 2.05) is 12.1 Å². The van der Waals surface area contributed by atoms with E-state index in [-0.39, 0.29) is 0 Å². The summed E-state index contributed by atoms with van der Waals surface area (Å²) in [6.07, 6.45) is 5.94. The molecule has 0 N–H and O–H groups in total. The number of halogens is 1. The molecule has 0 radical (unpaired) electrons. The molecule has 17 heavy (non-hydrogen) atoms. The first-order valence-electron chi connectivity index (χ1n) is 5.64. The van der Waals surface area contributed by atoms with Crippen molar-refractivity contribution in [2.45, 2.75) is 19.3 Å². The molecule has 1 aliphatic carbocycles. The molecule has 0 amide bonds. The number of allylic oxidation sites excluding steroid dienone is 2. The first-order valence-corrected chi connectivity index (χ1v) is 6.72. The van der Waals surface area contributed by atoms with E-state index in [0.29, 0.717) is 0 Å². The second-order valence-electron chi connectivity index (χ2n) is 4.28. The Morgan fingerprint density at radius 1 is 1.29 bits per heavy atom. The van der Waals surface area contributed by atoms with Gasteiger partial charge in [0.25, 0.3) is 0 Å². The Morgan fingerprint density at radius 3 is 3.00 bits per heavy atom. The van der Waals surface area contributed by atoms with E-state index < -0.39 is 0 Å². The molecule has 0 fully saturated rings. The van der Waals surface area contributed by atoms with Gasteiger partial charge in [-0.3, -0.25) is 4.79 Å². The normalized spacial score (nSPS) is 17.8. The molecule has 3 heteroatoms. The maximum atomic E-state index is 11.0. The minimum absolute atomic E-state index is 0.792. The second-order valence-corrected chi connectivity index (χ2v) is 5.53. The lowest BCUT2D eigenvalue weighted by Crippen LogP contribution is -2.13. The third kappa shape index (κ3) is 1.92.